The van der Waals surface area contributed by atoms with Crippen molar-refractivity contribution in [2.45, 2.75) is 30.0 Å². The number of aliphatic hydroxyl groups excluding tert-OH is 1. The van der Waals surface area contributed by atoms with E-state index in [-0.39, 0.29) is 16.5 Å². The molecule has 4 aromatic rings. The van der Waals surface area contributed by atoms with Crippen molar-refractivity contribution in [1.29, 1.82) is 0 Å². The SMILES string of the molecule is C=CCOc1cccc(C2/C(=C(\O)c3ccc(C)cc3)C(=O)C(=O)N2c2nnc(SCc3ccc(C)cc3)s2)c1. The monoisotopic (exact) mass is 569 g/mol. The Morgan fingerprint density at radius 1 is 1.05 bits per heavy atom. The van der Waals surface area contributed by atoms with Gasteiger partial charge >= 0.3 is 5.91 Å². The van der Waals surface area contributed by atoms with E-state index in [9.17, 15) is 14.7 Å². The molecule has 1 fully saturated rings. The van der Waals surface area contributed by atoms with Crippen molar-refractivity contribution in [3.8, 4) is 5.75 Å². The number of hydrogen-bond acceptors (Lipinski definition) is 8. The van der Waals surface area contributed by atoms with Crippen LogP contribution < -0.4 is 9.64 Å². The number of benzene rings is 3. The number of aromatic nitrogens is 2. The first-order valence-corrected chi connectivity index (χ1v) is 14.4. The number of amides is 1. The van der Waals surface area contributed by atoms with Gasteiger partial charge in [-0.25, -0.2) is 0 Å². The van der Waals surface area contributed by atoms with Crippen LogP contribution in [0.3, 0.4) is 0 Å². The number of nitrogens with zero attached hydrogens (tertiary/aromatic N) is 3. The van der Waals surface area contributed by atoms with Gasteiger partial charge in [-0.2, -0.15) is 0 Å². The number of ether oxygens (including phenoxy) is 1. The summed E-state index contributed by atoms with van der Waals surface area (Å²) in [5, 5.41) is 20.2. The van der Waals surface area contributed by atoms with E-state index in [1.54, 1.807) is 42.5 Å². The summed E-state index contributed by atoms with van der Waals surface area (Å²) in [6.45, 7) is 7.95. The number of thioether (sulfide) groups is 1. The molecule has 202 valence electrons. The molecular formula is C31H27N3O4S2. The molecule has 0 spiro atoms. The molecule has 5 rings (SSSR count). The molecule has 2 heterocycles. The third-order valence-electron chi connectivity index (χ3n) is 6.40. The van der Waals surface area contributed by atoms with Crippen LogP contribution in [0.25, 0.3) is 5.76 Å². The molecule has 1 unspecified atom stereocenters. The number of ketones is 1. The first-order chi connectivity index (χ1) is 19.4. The number of hydrogen-bond donors (Lipinski definition) is 1. The Labute approximate surface area is 240 Å². The number of rotatable bonds is 9. The number of carbonyl (C=O) groups is 2. The summed E-state index contributed by atoms with van der Waals surface area (Å²) in [6.07, 6.45) is 1.63. The second kappa shape index (κ2) is 11.9. The molecule has 3 aromatic carbocycles. The maximum absolute atomic E-state index is 13.5. The van der Waals surface area contributed by atoms with Gasteiger partial charge < -0.3 is 9.84 Å². The average molecular weight is 570 g/mol. The van der Waals surface area contributed by atoms with Gasteiger partial charge in [0.15, 0.2) is 4.34 Å². The predicted octanol–water partition coefficient (Wildman–Crippen LogP) is 6.64. The summed E-state index contributed by atoms with van der Waals surface area (Å²) in [4.78, 5) is 28.3. The van der Waals surface area contributed by atoms with Gasteiger partial charge in [-0.05, 0) is 37.1 Å². The van der Waals surface area contributed by atoms with Gasteiger partial charge in [0.05, 0.1) is 11.6 Å². The largest absolute Gasteiger partial charge is 0.507 e. The lowest BCUT2D eigenvalue weighted by atomic mass is 9.95. The van der Waals surface area contributed by atoms with Crippen LogP contribution in [0.5, 0.6) is 5.75 Å². The molecule has 1 saturated heterocycles. The van der Waals surface area contributed by atoms with E-state index in [1.807, 2.05) is 26.0 Å². The normalized spacial score (nSPS) is 16.4. The minimum atomic E-state index is -0.920. The number of aryl methyl sites for hydroxylation is 2. The third kappa shape index (κ3) is 5.71. The molecule has 0 aliphatic carbocycles. The molecule has 0 saturated carbocycles. The van der Waals surface area contributed by atoms with Gasteiger partial charge in [-0.3, -0.25) is 14.5 Å². The molecule has 1 aliphatic heterocycles. The van der Waals surface area contributed by atoms with E-state index in [1.165, 1.54) is 33.6 Å². The van der Waals surface area contributed by atoms with Crippen LogP contribution in [0.15, 0.2) is 95.4 Å². The Balaban J connectivity index is 1.54. The van der Waals surface area contributed by atoms with E-state index in [2.05, 4.69) is 41.0 Å². The Morgan fingerprint density at radius 2 is 1.75 bits per heavy atom. The zero-order chi connectivity index (χ0) is 28.2. The number of anilines is 1. The fourth-order valence-corrected chi connectivity index (χ4v) is 6.15. The van der Waals surface area contributed by atoms with E-state index < -0.39 is 17.7 Å². The van der Waals surface area contributed by atoms with Gasteiger partial charge in [0.1, 0.15) is 18.1 Å². The minimum absolute atomic E-state index is 0.0150. The zero-order valence-electron chi connectivity index (χ0n) is 22.0. The van der Waals surface area contributed by atoms with Crippen LogP contribution in [-0.2, 0) is 15.3 Å². The third-order valence-corrected chi connectivity index (χ3v) is 8.52. The standard InChI is InChI=1S/C31H27N3O4S2/c1-4-16-38-24-7-5-6-23(17-24)26-25(27(35)22-14-10-20(3)11-15-22)28(36)29(37)34(26)30-32-33-31(40-30)39-18-21-12-8-19(2)9-13-21/h4-15,17,26,35H,1,16,18H2,2-3H3/b27-25+. The molecule has 7 nitrogen and oxygen atoms in total. The fourth-order valence-electron chi connectivity index (χ4n) is 4.33. The molecule has 1 atom stereocenters. The van der Waals surface area contributed by atoms with E-state index in [0.717, 1.165) is 11.1 Å². The van der Waals surface area contributed by atoms with Crippen LogP contribution >= 0.6 is 23.1 Å². The molecule has 9 heteroatoms. The molecular weight excluding hydrogens is 542 g/mol. The summed E-state index contributed by atoms with van der Waals surface area (Å²) in [7, 11) is 0. The zero-order valence-corrected chi connectivity index (χ0v) is 23.7. The highest BCUT2D eigenvalue weighted by atomic mass is 32.2. The maximum atomic E-state index is 13.5. The summed E-state index contributed by atoms with van der Waals surface area (Å²) in [5.41, 5.74) is 4.36. The van der Waals surface area contributed by atoms with Crippen LogP contribution in [-0.4, -0.2) is 33.6 Å². The van der Waals surface area contributed by atoms with Gasteiger partial charge in [-0.1, -0.05) is 108 Å². The summed E-state index contributed by atoms with van der Waals surface area (Å²) >= 11 is 2.74. The van der Waals surface area contributed by atoms with Crippen molar-refractivity contribution in [3.05, 3.63) is 119 Å². The van der Waals surface area contributed by atoms with Crippen LogP contribution in [0.1, 0.15) is 33.9 Å². The van der Waals surface area contributed by atoms with Gasteiger partial charge in [0.2, 0.25) is 5.13 Å². The Kier molecular flexibility index (Phi) is 8.14. The Hall–Kier alpha value is -4.21. The lowest BCUT2D eigenvalue weighted by Crippen LogP contribution is -2.29. The minimum Gasteiger partial charge on any atom is -0.507 e. The van der Waals surface area contributed by atoms with Crippen molar-refractivity contribution in [3.63, 3.8) is 0 Å². The molecule has 1 amide bonds. The van der Waals surface area contributed by atoms with Crippen molar-refractivity contribution in [2.24, 2.45) is 0 Å². The van der Waals surface area contributed by atoms with Gasteiger partial charge in [0.25, 0.3) is 5.78 Å². The van der Waals surface area contributed by atoms with Crippen molar-refractivity contribution < 1.29 is 19.4 Å². The van der Waals surface area contributed by atoms with E-state index in [0.29, 0.717) is 33.6 Å². The quantitative estimate of drug-likeness (QED) is 0.0603. The lowest BCUT2D eigenvalue weighted by molar-refractivity contribution is -0.132. The topological polar surface area (TPSA) is 92.6 Å². The average Bonchev–Trinajstić information content (AvgIpc) is 3.53. The number of aliphatic hydroxyl groups is 1. The second-order valence-corrected chi connectivity index (χ2v) is 11.5. The highest BCUT2D eigenvalue weighted by Gasteiger charge is 2.48. The molecule has 1 aromatic heterocycles. The molecule has 0 bridgehead atoms. The second-order valence-electron chi connectivity index (χ2n) is 9.33. The first-order valence-electron chi connectivity index (χ1n) is 12.6. The van der Waals surface area contributed by atoms with E-state index in [4.69, 9.17) is 4.74 Å². The highest BCUT2D eigenvalue weighted by molar-refractivity contribution is 8.00. The van der Waals surface area contributed by atoms with Gasteiger partial charge in [-0.15, -0.1) is 10.2 Å². The molecule has 0 radical (unpaired) electrons. The van der Waals surface area contributed by atoms with Crippen LogP contribution in [0, 0.1) is 13.8 Å². The molecule has 1 N–H and O–H groups in total. The first kappa shape index (κ1) is 27.4. The van der Waals surface area contributed by atoms with Crippen LogP contribution in [0.4, 0.5) is 5.13 Å². The summed E-state index contributed by atoms with van der Waals surface area (Å²) < 4.78 is 6.38. The fraction of sp³-hybridized carbons (Fsp3) is 0.161. The van der Waals surface area contributed by atoms with Crippen LogP contribution in [0.2, 0.25) is 0 Å². The summed E-state index contributed by atoms with van der Waals surface area (Å²) in [6, 6.07) is 21.6. The maximum Gasteiger partial charge on any atom is 0.301 e. The van der Waals surface area contributed by atoms with Crippen molar-refractivity contribution in [1.82, 2.24) is 10.2 Å². The smallest absolute Gasteiger partial charge is 0.301 e. The Morgan fingerprint density at radius 3 is 2.45 bits per heavy atom. The van der Waals surface area contributed by atoms with Crippen molar-refractivity contribution >= 4 is 45.7 Å². The Bertz CT molecular complexity index is 1590. The highest BCUT2D eigenvalue weighted by Crippen LogP contribution is 2.44. The number of carbonyl (C=O) groups excluding carboxylic acids is 2. The van der Waals surface area contributed by atoms with E-state index >= 15 is 0 Å². The van der Waals surface area contributed by atoms with Gasteiger partial charge in [0, 0.05) is 11.3 Å². The molecule has 40 heavy (non-hydrogen) atoms. The van der Waals surface area contributed by atoms with Crippen molar-refractivity contribution in [2.75, 3.05) is 11.5 Å². The molecule has 1 aliphatic rings. The summed E-state index contributed by atoms with van der Waals surface area (Å²) in [5.74, 6) is -0.577. The lowest BCUT2D eigenvalue weighted by Gasteiger charge is -2.23. The predicted molar refractivity (Wildman–Crippen MR) is 159 cm³/mol. The number of Topliss-reactive ketones (excluding diaryl/α,β-unsaturated/α-hetero) is 1.